The maximum absolute atomic E-state index is 4.69. The van der Waals surface area contributed by atoms with Crippen molar-refractivity contribution in [2.24, 2.45) is 5.41 Å². The summed E-state index contributed by atoms with van der Waals surface area (Å²) in [6.45, 7) is 8.50. The molecule has 0 aliphatic heterocycles. The third-order valence-electron chi connectivity index (χ3n) is 4.39. The lowest BCUT2D eigenvalue weighted by Crippen LogP contribution is -2.16. The van der Waals surface area contributed by atoms with E-state index in [2.05, 4.69) is 42.5 Å². The summed E-state index contributed by atoms with van der Waals surface area (Å²) < 4.78 is 0. The summed E-state index contributed by atoms with van der Waals surface area (Å²) in [5, 5.41) is 8.05. The maximum atomic E-state index is 4.69. The van der Waals surface area contributed by atoms with Gasteiger partial charge >= 0.3 is 0 Å². The Labute approximate surface area is 130 Å². The summed E-state index contributed by atoms with van der Waals surface area (Å²) in [6, 6.07) is 2.19. The Bertz CT molecular complexity index is 630. The van der Waals surface area contributed by atoms with E-state index in [4.69, 9.17) is 4.98 Å². The van der Waals surface area contributed by atoms with Gasteiger partial charge in [-0.25, -0.2) is 4.98 Å². The largest absolute Gasteiger partial charge is 0.369 e. The molecule has 1 aliphatic rings. The van der Waals surface area contributed by atoms with Gasteiger partial charge in [0.25, 0.3) is 0 Å². The van der Waals surface area contributed by atoms with E-state index in [1.165, 1.54) is 24.1 Å². The fourth-order valence-corrected chi connectivity index (χ4v) is 3.48. The van der Waals surface area contributed by atoms with Gasteiger partial charge in [-0.05, 0) is 44.1 Å². The molecule has 114 valence electrons. The molecule has 0 unspecified atom stereocenters. The van der Waals surface area contributed by atoms with Gasteiger partial charge in [-0.15, -0.1) is 11.3 Å². The number of aryl methyl sites for hydroxylation is 1. The lowest BCUT2D eigenvalue weighted by atomic mass is 10.0. The minimum Gasteiger partial charge on any atom is -0.369 e. The van der Waals surface area contributed by atoms with E-state index in [0.29, 0.717) is 5.41 Å². The Balaban J connectivity index is 1.86. The van der Waals surface area contributed by atoms with Crippen LogP contribution in [-0.2, 0) is 0 Å². The first-order valence-electron chi connectivity index (χ1n) is 7.92. The number of fused-ring (bicyclic) bond motifs is 1. The molecule has 2 heterocycles. The molecule has 0 aromatic carbocycles. The van der Waals surface area contributed by atoms with Crippen molar-refractivity contribution < 1.29 is 0 Å². The monoisotopic (exact) mass is 304 g/mol. The zero-order valence-corrected chi connectivity index (χ0v) is 13.9. The fourth-order valence-electron chi connectivity index (χ4n) is 2.60. The number of thiophene rings is 1. The first-order valence-corrected chi connectivity index (χ1v) is 8.73. The molecule has 2 aromatic rings. The van der Waals surface area contributed by atoms with Crippen LogP contribution in [-0.4, -0.2) is 23.1 Å². The smallest absolute Gasteiger partial charge is 0.226 e. The standard InChI is InChI=1S/C16H24N4S/c1-4-8-17-15-19-13(18-10-16(5-2)6-7-16)12-9-11(3)21-14(12)20-15/h9H,4-8,10H2,1-3H3,(H2,17,18,19,20). The van der Waals surface area contributed by atoms with Crippen molar-refractivity contribution in [1.82, 2.24) is 9.97 Å². The Morgan fingerprint density at radius 2 is 2.05 bits per heavy atom. The minimum absolute atomic E-state index is 0.513. The predicted molar refractivity (Wildman–Crippen MR) is 91.4 cm³/mol. The average molecular weight is 304 g/mol. The predicted octanol–water partition coefficient (Wildman–Crippen LogP) is 4.42. The third-order valence-corrected chi connectivity index (χ3v) is 5.33. The van der Waals surface area contributed by atoms with Gasteiger partial charge in [-0.3, -0.25) is 0 Å². The van der Waals surface area contributed by atoms with Gasteiger partial charge in [0.1, 0.15) is 10.6 Å². The number of nitrogens with zero attached hydrogens (tertiary/aromatic N) is 2. The molecular weight excluding hydrogens is 280 g/mol. The van der Waals surface area contributed by atoms with Crippen LogP contribution in [0.25, 0.3) is 10.2 Å². The highest BCUT2D eigenvalue weighted by molar-refractivity contribution is 7.18. The second kappa shape index (κ2) is 5.79. The summed E-state index contributed by atoms with van der Waals surface area (Å²) in [5.41, 5.74) is 0.513. The van der Waals surface area contributed by atoms with E-state index in [1.807, 2.05) is 0 Å². The quantitative estimate of drug-likeness (QED) is 0.795. The molecule has 1 saturated carbocycles. The Morgan fingerprint density at radius 3 is 2.71 bits per heavy atom. The van der Waals surface area contributed by atoms with Crippen LogP contribution in [0.4, 0.5) is 11.8 Å². The van der Waals surface area contributed by atoms with Crippen LogP contribution in [0.15, 0.2) is 6.07 Å². The van der Waals surface area contributed by atoms with Gasteiger partial charge in [0.2, 0.25) is 5.95 Å². The molecular formula is C16H24N4S. The van der Waals surface area contributed by atoms with E-state index >= 15 is 0 Å². The van der Waals surface area contributed by atoms with Crippen LogP contribution in [0, 0.1) is 12.3 Å². The van der Waals surface area contributed by atoms with Crippen LogP contribution in [0.5, 0.6) is 0 Å². The lowest BCUT2D eigenvalue weighted by Gasteiger charge is -2.15. The van der Waals surface area contributed by atoms with Gasteiger partial charge in [0.05, 0.1) is 5.39 Å². The summed E-state index contributed by atoms with van der Waals surface area (Å²) >= 11 is 1.74. The van der Waals surface area contributed by atoms with Crippen molar-refractivity contribution in [1.29, 1.82) is 0 Å². The second-order valence-electron chi connectivity index (χ2n) is 6.11. The number of hydrogen-bond acceptors (Lipinski definition) is 5. The topological polar surface area (TPSA) is 49.8 Å². The molecule has 0 atom stereocenters. The van der Waals surface area contributed by atoms with E-state index in [-0.39, 0.29) is 0 Å². The van der Waals surface area contributed by atoms with Crippen molar-refractivity contribution >= 4 is 33.3 Å². The second-order valence-corrected chi connectivity index (χ2v) is 7.34. The number of anilines is 2. The van der Waals surface area contributed by atoms with Crippen LogP contribution in [0.3, 0.4) is 0 Å². The van der Waals surface area contributed by atoms with Gasteiger partial charge < -0.3 is 10.6 Å². The Hall–Kier alpha value is -1.36. The van der Waals surface area contributed by atoms with Crippen molar-refractivity contribution in [3.8, 4) is 0 Å². The first kappa shape index (κ1) is 14.6. The summed E-state index contributed by atoms with van der Waals surface area (Å²) in [7, 11) is 0. The number of aromatic nitrogens is 2. The number of rotatable bonds is 7. The molecule has 3 rings (SSSR count). The highest BCUT2D eigenvalue weighted by atomic mass is 32.1. The molecule has 2 aromatic heterocycles. The minimum atomic E-state index is 0.513. The molecule has 1 fully saturated rings. The molecule has 0 amide bonds. The molecule has 5 heteroatoms. The van der Waals surface area contributed by atoms with Crippen LogP contribution in [0.2, 0.25) is 0 Å². The summed E-state index contributed by atoms with van der Waals surface area (Å²) in [5.74, 6) is 1.73. The number of hydrogen-bond donors (Lipinski definition) is 2. The highest BCUT2D eigenvalue weighted by Gasteiger charge is 2.40. The van der Waals surface area contributed by atoms with Crippen molar-refractivity contribution in [2.45, 2.75) is 46.5 Å². The van der Waals surface area contributed by atoms with Crippen molar-refractivity contribution in [3.05, 3.63) is 10.9 Å². The average Bonchev–Trinajstić information content (AvgIpc) is 3.17. The maximum Gasteiger partial charge on any atom is 0.226 e. The fraction of sp³-hybridized carbons (Fsp3) is 0.625. The van der Waals surface area contributed by atoms with E-state index < -0.39 is 0 Å². The van der Waals surface area contributed by atoms with Crippen LogP contribution >= 0.6 is 11.3 Å². The lowest BCUT2D eigenvalue weighted by molar-refractivity contribution is 0.521. The van der Waals surface area contributed by atoms with Gasteiger partial charge in [-0.1, -0.05) is 13.8 Å². The zero-order valence-electron chi connectivity index (χ0n) is 13.1. The molecule has 0 radical (unpaired) electrons. The molecule has 0 bridgehead atoms. The summed E-state index contributed by atoms with van der Waals surface area (Å²) in [4.78, 5) is 11.7. The molecule has 0 saturated heterocycles. The van der Waals surface area contributed by atoms with Gasteiger partial charge in [0, 0.05) is 18.0 Å². The van der Waals surface area contributed by atoms with E-state index in [1.54, 1.807) is 11.3 Å². The Morgan fingerprint density at radius 1 is 1.24 bits per heavy atom. The molecule has 21 heavy (non-hydrogen) atoms. The van der Waals surface area contributed by atoms with Crippen molar-refractivity contribution in [2.75, 3.05) is 23.7 Å². The molecule has 2 N–H and O–H groups in total. The van der Waals surface area contributed by atoms with Crippen LogP contribution < -0.4 is 10.6 Å². The summed E-state index contributed by atoms with van der Waals surface area (Å²) in [6.07, 6.45) is 5.01. The van der Waals surface area contributed by atoms with E-state index in [0.717, 1.165) is 41.5 Å². The number of nitrogens with one attached hydrogen (secondary N) is 2. The van der Waals surface area contributed by atoms with E-state index in [9.17, 15) is 0 Å². The molecule has 4 nitrogen and oxygen atoms in total. The first-order chi connectivity index (χ1) is 10.2. The van der Waals surface area contributed by atoms with Gasteiger partial charge in [-0.2, -0.15) is 4.98 Å². The molecule has 1 aliphatic carbocycles. The third kappa shape index (κ3) is 3.12. The normalized spacial score (nSPS) is 16.1. The van der Waals surface area contributed by atoms with Crippen molar-refractivity contribution in [3.63, 3.8) is 0 Å². The van der Waals surface area contributed by atoms with Gasteiger partial charge in [0.15, 0.2) is 0 Å². The zero-order chi connectivity index (χ0) is 14.9. The Kier molecular flexibility index (Phi) is 4.02. The highest BCUT2D eigenvalue weighted by Crippen LogP contribution is 2.48. The van der Waals surface area contributed by atoms with Crippen LogP contribution in [0.1, 0.15) is 44.4 Å². The SMILES string of the molecule is CCCNc1nc(NCC2(CC)CC2)c2cc(C)sc2n1. The molecule has 0 spiro atoms.